The fourth-order valence-corrected chi connectivity index (χ4v) is 4.20. The van der Waals surface area contributed by atoms with Crippen molar-refractivity contribution in [1.29, 1.82) is 5.41 Å². The number of hydrogen-bond donors (Lipinski definition) is 5. The van der Waals surface area contributed by atoms with E-state index in [1.807, 2.05) is 36.4 Å². The average molecular weight is 455 g/mol. The van der Waals surface area contributed by atoms with E-state index in [2.05, 4.69) is 10.3 Å². The highest BCUT2D eigenvalue weighted by Gasteiger charge is 2.20. The molecule has 1 saturated carbocycles. The second kappa shape index (κ2) is 10.3. The quantitative estimate of drug-likeness (QED) is 0.285. The van der Waals surface area contributed by atoms with Gasteiger partial charge in [-0.2, -0.15) is 0 Å². The second-order valence-corrected chi connectivity index (χ2v) is 8.73. The summed E-state index contributed by atoms with van der Waals surface area (Å²) >= 11 is 0. The maximum atomic E-state index is 12.7. The van der Waals surface area contributed by atoms with Crippen molar-refractivity contribution in [3.63, 3.8) is 0 Å². The van der Waals surface area contributed by atoms with Gasteiger partial charge in [0, 0.05) is 46.9 Å². The normalized spacial score (nSPS) is 18.3. The number of nitrogen functional groups attached to an aromatic ring is 1. The fraction of sp³-hybridized carbons (Fsp3) is 0.222. The second-order valence-electron chi connectivity index (χ2n) is 8.73. The molecule has 1 aliphatic rings. The lowest BCUT2D eigenvalue weighted by molar-refractivity contribution is 0.0926. The maximum absolute atomic E-state index is 12.7. The molecule has 0 spiro atoms. The van der Waals surface area contributed by atoms with Crippen molar-refractivity contribution in [2.45, 2.75) is 37.8 Å². The number of pyridine rings is 1. The van der Waals surface area contributed by atoms with Gasteiger partial charge in [-0.05, 0) is 73.2 Å². The fourth-order valence-electron chi connectivity index (χ4n) is 4.20. The van der Waals surface area contributed by atoms with Crippen LogP contribution in [-0.4, -0.2) is 28.7 Å². The van der Waals surface area contributed by atoms with Crippen LogP contribution in [0.25, 0.3) is 17.2 Å². The molecule has 0 radical (unpaired) electrons. The van der Waals surface area contributed by atoms with Crippen LogP contribution in [0.1, 0.15) is 47.2 Å². The largest absolute Gasteiger partial charge is 0.398 e. The summed E-state index contributed by atoms with van der Waals surface area (Å²) in [5.74, 6) is -0.113. The highest BCUT2D eigenvalue weighted by atomic mass is 16.1. The summed E-state index contributed by atoms with van der Waals surface area (Å²) in [4.78, 5) is 16.9. The minimum Gasteiger partial charge on any atom is -0.398 e. The predicted octanol–water partition coefficient (Wildman–Crippen LogP) is 3.70. The Balaban J connectivity index is 1.51. The molecule has 1 aromatic heterocycles. The van der Waals surface area contributed by atoms with E-state index in [9.17, 15) is 4.79 Å². The molecule has 7 heteroatoms. The number of carbonyl (C=O) groups excluding carboxylic acids is 1. The van der Waals surface area contributed by atoms with E-state index in [4.69, 9.17) is 22.6 Å². The van der Waals surface area contributed by atoms with Gasteiger partial charge in [-0.15, -0.1) is 0 Å². The lowest BCUT2D eigenvalue weighted by Crippen LogP contribution is -2.40. The Morgan fingerprint density at radius 2 is 1.82 bits per heavy atom. The molecule has 1 amide bonds. The molecule has 8 N–H and O–H groups in total. The Bertz CT molecular complexity index is 1210. The summed E-state index contributed by atoms with van der Waals surface area (Å²) in [5, 5.41) is 11.7. The lowest BCUT2D eigenvalue weighted by Gasteiger charge is -2.26. The van der Waals surface area contributed by atoms with Crippen LogP contribution in [0, 0.1) is 5.41 Å². The van der Waals surface area contributed by atoms with Crippen LogP contribution in [0.5, 0.6) is 0 Å². The van der Waals surface area contributed by atoms with Gasteiger partial charge in [0.2, 0.25) is 0 Å². The van der Waals surface area contributed by atoms with Gasteiger partial charge in [0.1, 0.15) is 0 Å². The van der Waals surface area contributed by atoms with Crippen molar-refractivity contribution in [1.82, 2.24) is 10.3 Å². The van der Waals surface area contributed by atoms with E-state index in [1.165, 1.54) is 0 Å². The van der Waals surface area contributed by atoms with Gasteiger partial charge in [-0.3, -0.25) is 15.2 Å². The van der Waals surface area contributed by atoms with Gasteiger partial charge in [0.05, 0.1) is 11.4 Å². The SMILES string of the molecule is N=C(/C(N)=C/c1cccc(C(=O)NC2CCC(N)CC2)c1)c1cc(-c2cccnc2)ccc1N. The van der Waals surface area contributed by atoms with Gasteiger partial charge in [0.15, 0.2) is 0 Å². The van der Waals surface area contributed by atoms with Crippen molar-refractivity contribution in [2.75, 3.05) is 5.73 Å². The highest BCUT2D eigenvalue weighted by molar-refractivity contribution is 6.15. The molecule has 0 aliphatic heterocycles. The number of amides is 1. The molecule has 174 valence electrons. The Hall–Kier alpha value is -3.97. The summed E-state index contributed by atoms with van der Waals surface area (Å²) < 4.78 is 0. The average Bonchev–Trinajstić information content (AvgIpc) is 2.86. The van der Waals surface area contributed by atoms with Crippen LogP contribution in [-0.2, 0) is 0 Å². The third-order valence-electron chi connectivity index (χ3n) is 6.18. The zero-order chi connectivity index (χ0) is 24.1. The van der Waals surface area contributed by atoms with E-state index in [0.29, 0.717) is 16.8 Å². The van der Waals surface area contributed by atoms with Gasteiger partial charge >= 0.3 is 0 Å². The van der Waals surface area contributed by atoms with Crippen molar-refractivity contribution < 1.29 is 4.79 Å². The van der Waals surface area contributed by atoms with Crippen LogP contribution in [0.15, 0.2) is 72.7 Å². The number of nitrogens with one attached hydrogen (secondary N) is 2. The van der Waals surface area contributed by atoms with Crippen molar-refractivity contribution in [3.05, 3.63) is 89.4 Å². The number of carbonyl (C=O) groups is 1. The smallest absolute Gasteiger partial charge is 0.251 e. The molecule has 0 saturated heterocycles. The summed E-state index contributed by atoms with van der Waals surface area (Å²) in [6, 6.07) is 16.9. The van der Waals surface area contributed by atoms with Crippen molar-refractivity contribution >= 4 is 23.4 Å². The van der Waals surface area contributed by atoms with Gasteiger partial charge in [-0.25, -0.2) is 0 Å². The minimum absolute atomic E-state index is 0.113. The van der Waals surface area contributed by atoms with Gasteiger partial charge < -0.3 is 22.5 Å². The third kappa shape index (κ3) is 5.50. The van der Waals surface area contributed by atoms with E-state index in [-0.39, 0.29) is 29.4 Å². The number of hydrogen-bond acceptors (Lipinski definition) is 6. The van der Waals surface area contributed by atoms with Crippen molar-refractivity contribution in [2.24, 2.45) is 11.5 Å². The number of rotatable bonds is 6. The Morgan fingerprint density at radius 3 is 2.56 bits per heavy atom. The molecule has 0 atom stereocenters. The van der Waals surface area contributed by atoms with Crippen LogP contribution >= 0.6 is 0 Å². The molecular weight excluding hydrogens is 424 g/mol. The molecule has 1 heterocycles. The Labute approximate surface area is 199 Å². The van der Waals surface area contributed by atoms with Crippen LogP contribution in [0.2, 0.25) is 0 Å². The molecule has 1 aliphatic carbocycles. The number of anilines is 1. The van der Waals surface area contributed by atoms with E-state index < -0.39 is 0 Å². The van der Waals surface area contributed by atoms with Crippen LogP contribution in [0.4, 0.5) is 5.69 Å². The van der Waals surface area contributed by atoms with Crippen LogP contribution < -0.4 is 22.5 Å². The number of aromatic nitrogens is 1. The third-order valence-corrected chi connectivity index (χ3v) is 6.18. The van der Waals surface area contributed by atoms with Crippen molar-refractivity contribution in [3.8, 4) is 11.1 Å². The molecule has 2 aromatic carbocycles. The first-order valence-electron chi connectivity index (χ1n) is 11.4. The first-order chi connectivity index (χ1) is 16.4. The molecule has 3 aromatic rings. The lowest BCUT2D eigenvalue weighted by atomic mass is 9.91. The molecule has 7 nitrogen and oxygen atoms in total. The van der Waals surface area contributed by atoms with E-state index >= 15 is 0 Å². The molecule has 1 fully saturated rings. The summed E-state index contributed by atoms with van der Waals surface area (Å²) in [6.07, 6.45) is 8.82. The molecular formula is C27H30N6O. The molecule has 34 heavy (non-hydrogen) atoms. The summed E-state index contributed by atoms with van der Waals surface area (Å²) in [5.41, 5.74) is 22.9. The standard InChI is InChI=1S/C27H30N6O/c28-21-7-9-22(10-8-21)33-27(34)19-4-1-3-17(13-19)14-25(30)26(31)23-15-18(6-11-24(23)29)20-5-2-12-32-16-20/h1-6,11-16,21-22,31H,7-10,28-30H2,(H,33,34)/b25-14-,31-26?. The van der Waals surface area contributed by atoms with E-state index in [1.54, 1.807) is 36.7 Å². The number of nitrogens with zero attached hydrogens (tertiary/aromatic N) is 1. The Morgan fingerprint density at radius 1 is 1.03 bits per heavy atom. The topological polar surface area (TPSA) is 144 Å². The molecule has 0 bridgehead atoms. The van der Waals surface area contributed by atoms with Gasteiger partial charge in [0.25, 0.3) is 5.91 Å². The summed E-state index contributed by atoms with van der Waals surface area (Å²) in [7, 11) is 0. The number of allylic oxidation sites excluding steroid dienone is 1. The summed E-state index contributed by atoms with van der Waals surface area (Å²) in [6.45, 7) is 0. The molecule has 0 unspecified atom stereocenters. The maximum Gasteiger partial charge on any atom is 0.251 e. The minimum atomic E-state index is -0.113. The first-order valence-corrected chi connectivity index (χ1v) is 11.4. The predicted molar refractivity (Wildman–Crippen MR) is 137 cm³/mol. The first kappa shape index (κ1) is 23.2. The number of nitrogens with two attached hydrogens (primary N) is 3. The highest BCUT2D eigenvalue weighted by Crippen LogP contribution is 2.25. The zero-order valence-corrected chi connectivity index (χ0v) is 19.0. The number of benzene rings is 2. The van der Waals surface area contributed by atoms with E-state index in [0.717, 1.165) is 42.4 Å². The van der Waals surface area contributed by atoms with Crippen LogP contribution in [0.3, 0.4) is 0 Å². The zero-order valence-electron chi connectivity index (χ0n) is 19.0. The Kier molecular flexibility index (Phi) is 7.04. The molecule has 4 rings (SSSR count). The van der Waals surface area contributed by atoms with Gasteiger partial charge in [-0.1, -0.05) is 24.3 Å². The monoisotopic (exact) mass is 454 g/mol.